The van der Waals surface area contributed by atoms with E-state index in [1.165, 1.54) is 0 Å². The minimum absolute atomic E-state index is 0.413. The molecule has 0 spiro atoms. The summed E-state index contributed by atoms with van der Waals surface area (Å²) >= 11 is 1.63. The molecule has 2 rings (SSSR count). The molecule has 0 unspecified atom stereocenters. The van der Waals surface area contributed by atoms with E-state index in [0.29, 0.717) is 30.7 Å². The Morgan fingerprint density at radius 3 is 2.78 bits per heavy atom. The molecule has 0 radical (unpaired) electrons. The second-order valence-corrected chi connectivity index (χ2v) is 7.16. The number of halogens is 2. The van der Waals surface area contributed by atoms with Crippen LogP contribution >= 0.6 is 11.3 Å². The number of aliphatic imine (C=N–C) groups is 1. The van der Waals surface area contributed by atoms with Crippen molar-refractivity contribution in [3.8, 4) is 5.75 Å². The van der Waals surface area contributed by atoms with Gasteiger partial charge in [0, 0.05) is 11.9 Å². The summed E-state index contributed by atoms with van der Waals surface area (Å²) in [5.74, 6) is 1.51. The molecule has 0 aliphatic heterocycles. The van der Waals surface area contributed by atoms with Gasteiger partial charge < -0.3 is 15.4 Å². The summed E-state index contributed by atoms with van der Waals surface area (Å²) in [4.78, 5) is 9.15. The highest BCUT2D eigenvalue weighted by Gasteiger charge is 2.07. The van der Waals surface area contributed by atoms with Gasteiger partial charge in [0.15, 0.2) is 5.96 Å². The van der Waals surface area contributed by atoms with Crippen molar-refractivity contribution in [3.63, 3.8) is 0 Å². The van der Waals surface area contributed by atoms with Crippen LogP contribution in [0, 0.1) is 0 Å². The number of benzene rings is 1. The largest absolute Gasteiger partial charge is 0.488 e. The van der Waals surface area contributed by atoms with E-state index < -0.39 is 13.0 Å². The molecule has 1 aromatic carbocycles. The second kappa shape index (κ2) is 10.8. The van der Waals surface area contributed by atoms with Gasteiger partial charge in [-0.05, 0) is 30.5 Å². The Morgan fingerprint density at radius 1 is 1.30 bits per heavy atom. The Bertz CT molecular complexity index is 734. The van der Waals surface area contributed by atoms with Gasteiger partial charge >= 0.3 is 0 Å². The lowest BCUT2D eigenvalue weighted by molar-refractivity contribution is 0.0818. The van der Waals surface area contributed by atoms with Gasteiger partial charge in [0.2, 0.25) is 0 Å². The minimum Gasteiger partial charge on any atom is -0.488 e. The first-order chi connectivity index (χ1) is 13.0. The predicted octanol–water partition coefficient (Wildman–Crippen LogP) is 4.17. The number of thiazole rings is 1. The lowest BCUT2D eigenvalue weighted by Crippen LogP contribution is -2.36. The fourth-order valence-electron chi connectivity index (χ4n) is 2.24. The maximum absolute atomic E-state index is 12.3. The summed E-state index contributed by atoms with van der Waals surface area (Å²) in [6.07, 6.45) is -2.49. The molecule has 0 atom stereocenters. The molecule has 148 valence electrons. The summed E-state index contributed by atoms with van der Waals surface area (Å²) in [5, 5.41) is 9.55. The summed E-state index contributed by atoms with van der Waals surface area (Å²) < 4.78 is 29.6. The molecule has 5 nitrogen and oxygen atoms in total. The summed E-state index contributed by atoms with van der Waals surface area (Å²) in [7, 11) is 0. The van der Waals surface area contributed by atoms with Crippen molar-refractivity contribution >= 4 is 17.3 Å². The van der Waals surface area contributed by atoms with Gasteiger partial charge in [-0.2, -0.15) is 0 Å². The van der Waals surface area contributed by atoms with Crippen LogP contribution in [0.3, 0.4) is 0 Å². The maximum atomic E-state index is 12.3. The molecule has 0 saturated carbocycles. The van der Waals surface area contributed by atoms with Gasteiger partial charge in [-0.25, -0.2) is 18.8 Å². The normalized spacial score (nSPS) is 11.9. The molecular weight excluding hydrogens is 370 g/mol. The minimum atomic E-state index is -2.49. The van der Waals surface area contributed by atoms with Crippen molar-refractivity contribution in [2.45, 2.75) is 46.2 Å². The third-order valence-electron chi connectivity index (χ3n) is 3.61. The van der Waals surface area contributed by atoms with Crippen LogP contribution in [0.2, 0.25) is 0 Å². The topological polar surface area (TPSA) is 58.5 Å². The Balaban J connectivity index is 1.94. The van der Waals surface area contributed by atoms with Crippen LogP contribution in [0.15, 0.2) is 34.6 Å². The fraction of sp³-hybridized carbons (Fsp3) is 0.474. The van der Waals surface area contributed by atoms with Crippen LogP contribution in [0.1, 0.15) is 43.0 Å². The standard InChI is InChI=1S/C19H26F2N4OS/c1-4-22-19(24-10-18-25-16(12-27-18)13(2)3)23-9-14-6-5-7-15(8-14)26-11-17(20)21/h5-8,12-13,17H,4,9-11H2,1-3H3,(H2,22,23,24). The van der Waals surface area contributed by atoms with Crippen molar-refractivity contribution in [2.75, 3.05) is 13.2 Å². The first-order valence-corrected chi connectivity index (χ1v) is 9.82. The number of nitrogens with zero attached hydrogens (tertiary/aromatic N) is 2. The van der Waals surface area contributed by atoms with Gasteiger partial charge in [-0.15, -0.1) is 11.3 Å². The van der Waals surface area contributed by atoms with Crippen molar-refractivity contribution in [3.05, 3.63) is 45.9 Å². The van der Waals surface area contributed by atoms with Gasteiger partial charge in [0.25, 0.3) is 6.43 Å². The predicted molar refractivity (Wildman–Crippen MR) is 106 cm³/mol. The van der Waals surface area contributed by atoms with Crippen LogP contribution in [-0.4, -0.2) is 30.5 Å². The Morgan fingerprint density at radius 2 is 2.11 bits per heavy atom. The zero-order valence-electron chi connectivity index (χ0n) is 15.8. The first kappa shape index (κ1) is 21.1. The Labute approximate surface area is 162 Å². The molecule has 0 fully saturated rings. The number of alkyl halides is 2. The SMILES string of the molecule is CCNC(=NCc1cccc(OCC(F)F)c1)NCc1nc(C(C)C)cs1. The average Bonchev–Trinajstić information content (AvgIpc) is 3.12. The van der Waals surface area contributed by atoms with E-state index in [-0.39, 0.29) is 0 Å². The molecule has 8 heteroatoms. The zero-order chi connectivity index (χ0) is 19.6. The van der Waals surface area contributed by atoms with E-state index in [9.17, 15) is 8.78 Å². The fourth-order valence-corrected chi connectivity index (χ4v) is 3.13. The highest BCUT2D eigenvalue weighted by atomic mass is 32.1. The highest BCUT2D eigenvalue weighted by Crippen LogP contribution is 2.17. The number of aromatic nitrogens is 1. The zero-order valence-corrected chi connectivity index (χ0v) is 16.7. The molecule has 2 N–H and O–H groups in total. The van der Waals surface area contributed by atoms with E-state index in [1.807, 2.05) is 13.0 Å². The van der Waals surface area contributed by atoms with Gasteiger partial charge in [-0.1, -0.05) is 26.0 Å². The molecule has 0 amide bonds. The summed E-state index contributed by atoms with van der Waals surface area (Å²) in [5.41, 5.74) is 1.98. The molecule has 27 heavy (non-hydrogen) atoms. The number of nitrogens with one attached hydrogen (secondary N) is 2. The van der Waals surface area contributed by atoms with Crippen LogP contribution in [0.25, 0.3) is 0 Å². The van der Waals surface area contributed by atoms with E-state index in [4.69, 9.17) is 4.74 Å². The van der Waals surface area contributed by atoms with Crippen LogP contribution in [-0.2, 0) is 13.1 Å². The second-order valence-electron chi connectivity index (χ2n) is 6.22. The lowest BCUT2D eigenvalue weighted by atomic mass is 10.2. The first-order valence-electron chi connectivity index (χ1n) is 8.94. The molecule has 0 aliphatic carbocycles. The van der Waals surface area contributed by atoms with E-state index in [1.54, 1.807) is 29.5 Å². The quantitative estimate of drug-likeness (QED) is 0.493. The van der Waals surface area contributed by atoms with Crippen LogP contribution < -0.4 is 15.4 Å². The van der Waals surface area contributed by atoms with Crippen LogP contribution in [0.4, 0.5) is 8.78 Å². The molecular formula is C19H26F2N4OS. The number of guanidine groups is 1. The van der Waals surface area contributed by atoms with E-state index in [2.05, 4.69) is 39.8 Å². The molecule has 1 heterocycles. The maximum Gasteiger partial charge on any atom is 0.272 e. The number of hydrogen-bond donors (Lipinski definition) is 2. The Kier molecular flexibility index (Phi) is 8.44. The molecule has 2 aromatic rings. The monoisotopic (exact) mass is 396 g/mol. The molecule has 0 aliphatic rings. The van der Waals surface area contributed by atoms with E-state index >= 15 is 0 Å². The summed E-state index contributed by atoms with van der Waals surface area (Å²) in [6, 6.07) is 7.05. The lowest BCUT2D eigenvalue weighted by Gasteiger charge is -2.11. The smallest absolute Gasteiger partial charge is 0.272 e. The Hall–Kier alpha value is -2.22. The highest BCUT2D eigenvalue weighted by molar-refractivity contribution is 7.09. The molecule has 0 bridgehead atoms. The van der Waals surface area contributed by atoms with Gasteiger partial charge in [0.1, 0.15) is 17.4 Å². The number of rotatable bonds is 9. The third-order valence-corrected chi connectivity index (χ3v) is 4.47. The average molecular weight is 397 g/mol. The summed E-state index contributed by atoms with van der Waals surface area (Å²) in [6.45, 7) is 7.38. The molecule has 1 aromatic heterocycles. The van der Waals surface area contributed by atoms with Crippen molar-refractivity contribution in [2.24, 2.45) is 4.99 Å². The van der Waals surface area contributed by atoms with Gasteiger partial charge in [-0.3, -0.25) is 0 Å². The van der Waals surface area contributed by atoms with Gasteiger partial charge in [0.05, 0.1) is 18.8 Å². The number of hydrogen-bond acceptors (Lipinski definition) is 4. The molecule has 0 saturated heterocycles. The van der Waals surface area contributed by atoms with Crippen molar-refractivity contribution in [1.29, 1.82) is 0 Å². The third kappa shape index (κ3) is 7.50. The number of ether oxygens (including phenoxy) is 1. The van der Waals surface area contributed by atoms with Crippen molar-refractivity contribution < 1.29 is 13.5 Å². The van der Waals surface area contributed by atoms with Crippen molar-refractivity contribution in [1.82, 2.24) is 15.6 Å². The van der Waals surface area contributed by atoms with Crippen LogP contribution in [0.5, 0.6) is 5.75 Å². The van der Waals surface area contributed by atoms with E-state index in [0.717, 1.165) is 22.8 Å².